The Morgan fingerprint density at radius 1 is 1.00 bits per heavy atom. The smallest absolute Gasteiger partial charge is 0.247 e. The summed E-state index contributed by atoms with van der Waals surface area (Å²) < 4.78 is 6.66. The summed E-state index contributed by atoms with van der Waals surface area (Å²) in [5.74, 6) is 1.02. The minimum Gasteiger partial charge on any atom is -0.419 e. The Morgan fingerprint density at radius 3 is 2.43 bits per heavy atom. The van der Waals surface area contributed by atoms with Crippen molar-refractivity contribution in [1.82, 2.24) is 10.2 Å². The minimum absolute atomic E-state index is 0.474. The van der Waals surface area contributed by atoms with E-state index in [0.29, 0.717) is 23.3 Å². The molecule has 0 radical (unpaired) electrons. The molecule has 2 aromatic carbocycles. The highest BCUT2D eigenvalue weighted by Crippen LogP contribution is 2.21. The molecule has 0 atom stereocenters. The summed E-state index contributed by atoms with van der Waals surface area (Å²) in [5.41, 5.74) is 1.84. The monoisotopic (exact) mass is 363 g/mol. The SMILES string of the molecule is Clc1ccc(-c2nnc(CNc3ccc(Br)cc3)o2)cc1. The molecule has 21 heavy (non-hydrogen) atoms. The van der Waals surface area contributed by atoms with Gasteiger partial charge in [-0.2, -0.15) is 0 Å². The summed E-state index contributed by atoms with van der Waals surface area (Å²) in [4.78, 5) is 0. The van der Waals surface area contributed by atoms with E-state index in [9.17, 15) is 0 Å². The number of hydrogen-bond donors (Lipinski definition) is 1. The van der Waals surface area contributed by atoms with Gasteiger partial charge in [0.15, 0.2) is 0 Å². The first-order valence-electron chi connectivity index (χ1n) is 6.28. The average molecular weight is 365 g/mol. The third-order valence-corrected chi connectivity index (χ3v) is 3.63. The summed E-state index contributed by atoms with van der Waals surface area (Å²) >= 11 is 9.25. The summed E-state index contributed by atoms with van der Waals surface area (Å²) in [7, 11) is 0. The number of rotatable bonds is 4. The van der Waals surface area contributed by atoms with Crippen LogP contribution in [0.15, 0.2) is 57.4 Å². The molecular weight excluding hydrogens is 354 g/mol. The maximum absolute atomic E-state index is 5.85. The number of nitrogens with zero attached hydrogens (tertiary/aromatic N) is 2. The average Bonchev–Trinajstić information content (AvgIpc) is 2.96. The molecule has 0 aliphatic heterocycles. The van der Waals surface area contributed by atoms with Crippen LogP contribution in [0, 0.1) is 0 Å². The van der Waals surface area contributed by atoms with Gasteiger partial charge in [-0.1, -0.05) is 27.5 Å². The van der Waals surface area contributed by atoms with Crippen LogP contribution in [-0.4, -0.2) is 10.2 Å². The fourth-order valence-corrected chi connectivity index (χ4v) is 2.17. The molecule has 0 unspecified atom stereocenters. The van der Waals surface area contributed by atoms with E-state index in [1.54, 1.807) is 12.1 Å². The van der Waals surface area contributed by atoms with Gasteiger partial charge in [-0.3, -0.25) is 0 Å². The summed E-state index contributed by atoms with van der Waals surface area (Å²) in [6.07, 6.45) is 0. The molecule has 0 aliphatic rings. The molecule has 6 heteroatoms. The van der Waals surface area contributed by atoms with Crippen LogP contribution in [0.5, 0.6) is 0 Å². The predicted octanol–water partition coefficient (Wildman–Crippen LogP) is 4.76. The van der Waals surface area contributed by atoms with E-state index in [2.05, 4.69) is 31.4 Å². The molecular formula is C15H11BrClN3O. The van der Waals surface area contributed by atoms with E-state index in [1.165, 1.54) is 0 Å². The van der Waals surface area contributed by atoms with Crippen LogP contribution in [0.3, 0.4) is 0 Å². The van der Waals surface area contributed by atoms with Crippen molar-refractivity contribution in [2.24, 2.45) is 0 Å². The van der Waals surface area contributed by atoms with E-state index >= 15 is 0 Å². The van der Waals surface area contributed by atoms with Gasteiger partial charge in [0.05, 0.1) is 6.54 Å². The predicted molar refractivity (Wildman–Crippen MR) is 86.2 cm³/mol. The molecule has 3 aromatic rings. The molecule has 0 fully saturated rings. The molecule has 3 rings (SSSR count). The van der Waals surface area contributed by atoms with Crippen molar-refractivity contribution < 1.29 is 4.42 Å². The lowest BCUT2D eigenvalue weighted by molar-refractivity contribution is 0.515. The van der Waals surface area contributed by atoms with E-state index in [-0.39, 0.29) is 0 Å². The van der Waals surface area contributed by atoms with E-state index in [0.717, 1.165) is 15.7 Å². The van der Waals surface area contributed by atoms with Gasteiger partial charge in [0.1, 0.15) is 0 Å². The van der Waals surface area contributed by atoms with Gasteiger partial charge in [-0.05, 0) is 48.5 Å². The lowest BCUT2D eigenvalue weighted by Gasteiger charge is -2.02. The molecule has 1 N–H and O–H groups in total. The van der Waals surface area contributed by atoms with Gasteiger partial charge in [0.2, 0.25) is 11.8 Å². The molecule has 1 aromatic heterocycles. The van der Waals surface area contributed by atoms with Gasteiger partial charge >= 0.3 is 0 Å². The Kier molecular flexibility index (Phi) is 4.22. The zero-order chi connectivity index (χ0) is 14.7. The molecule has 0 bridgehead atoms. The Labute approximate surface area is 135 Å². The second-order valence-corrected chi connectivity index (χ2v) is 5.72. The van der Waals surface area contributed by atoms with E-state index in [4.69, 9.17) is 16.0 Å². The molecule has 0 saturated heterocycles. The van der Waals surface area contributed by atoms with Crippen molar-refractivity contribution in [2.75, 3.05) is 5.32 Å². The normalized spacial score (nSPS) is 10.6. The Balaban J connectivity index is 1.67. The van der Waals surface area contributed by atoms with Gasteiger partial charge < -0.3 is 9.73 Å². The standard InChI is InChI=1S/C15H11BrClN3O/c16-11-3-7-13(8-4-11)18-9-14-19-20-15(21-14)10-1-5-12(17)6-2-10/h1-8,18H,9H2. The largest absolute Gasteiger partial charge is 0.419 e. The van der Waals surface area contributed by atoms with Crippen molar-refractivity contribution in [3.63, 3.8) is 0 Å². The molecule has 0 aliphatic carbocycles. The zero-order valence-electron chi connectivity index (χ0n) is 10.9. The van der Waals surface area contributed by atoms with Crippen LogP contribution >= 0.6 is 27.5 Å². The summed E-state index contributed by atoms with van der Waals surface area (Å²) in [5, 5.41) is 12.0. The van der Waals surface area contributed by atoms with Crippen LogP contribution in [0.25, 0.3) is 11.5 Å². The molecule has 0 spiro atoms. The molecule has 1 heterocycles. The number of hydrogen-bond acceptors (Lipinski definition) is 4. The second kappa shape index (κ2) is 6.28. The molecule has 106 valence electrons. The highest BCUT2D eigenvalue weighted by Gasteiger charge is 2.08. The number of nitrogens with one attached hydrogen (secondary N) is 1. The molecule has 0 saturated carbocycles. The lowest BCUT2D eigenvalue weighted by Crippen LogP contribution is -1.99. The number of anilines is 1. The number of benzene rings is 2. The zero-order valence-corrected chi connectivity index (χ0v) is 13.2. The first-order valence-corrected chi connectivity index (χ1v) is 7.45. The maximum Gasteiger partial charge on any atom is 0.247 e. The van der Waals surface area contributed by atoms with Gasteiger partial charge in [-0.25, -0.2) is 0 Å². The quantitative estimate of drug-likeness (QED) is 0.725. The Morgan fingerprint density at radius 2 is 1.71 bits per heavy atom. The minimum atomic E-state index is 0.474. The first-order chi connectivity index (χ1) is 10.2. The summed E-state index contributed by atoms with van der Waals surface area (Å²) in [6, 6.07) is 15.2. The van der Waals surface area contributed by atoms with E-state index < -0.39 is 0 Å². The van der Waals surface area contributed by atoms with Crippen molar-refractivity contribution >= 4 is 33.2 Å². The number of halogens is 2. The fraction of sp³-hybridized carbons (Fsp3) is 0.0667. The fourth-order valence-electron chi connectivity index (χ4n) is 1.78. The van der Waals surface area contributed by atoms with Crippen LogP contribution in [-0.2, 0) is 6.54 Å². The van der Waals surface area contributed by atoms with Crippen LogP contribution in [0.2, 0.25) is 5.02 Å². The first kappa shape index (κ1) is 14.1. The molecule has 4 nitrogen and oxygen atoms in total. The Hall–Kier alpha value is -1.85. The van der Waals surface area contributed by atoms with Crippen molar-refractivity contribution in [3.8, 4) is 11.5 Å². The van der Waals surface area contributed by atoms with Crippen LogP contribution in [0.4, 0.5) is 5.69 Å². The maximum atomic E-state index is 5.85. The van der Waals surface area contributed by atoms with Gasteiger partial charge in [0, 0.05) is 20.7 Å². The topological polar surface area (TPSA) is 51.0 Å². The van der Waals surface area contributed by atoms with Crippen molar-refractivity contribution in [2.45, 2.75) is 6.54 Å². The summed E-state index contributed by atoms with van der Waals surface area (Å²) in [6.45, 7) is 0.474. The van der Waals surface area contributed by atoms with Gasteiger partial charge in [0.25, 0.3) is 0 Å². The van der Waals surface area contributed by atoms with Crippen molar-refractivity contribution in [3.05, 3.63) is 63.9 Å². The lowest BCUT2D eigenvalue weighted by atomic mass is 10.2. The third-order valence-electron chi connectivity index (χ3n) is 2.85. The molecule has 0 amide bonds. The van der Waals surface area contributed by atoms with Crippen LogP contribution in [0.1, 0.15) is 5.89 Å². The number of aromatic nitrogens is 2. The highest BCUT2D eigenvalue weighted by molar-refractivity contribution is 9.10. The highest BCUT2D eigenvalue weighted by atomic mass is 79.9. The second-order valence-electron chi connectivity index (χ2n) is 4.37. The van der Waals surface area contributed by atoms with E-state index in [1.807, 2.05) is 36.4 Å². The van der Waals surface area contributed by atoms with Crippen molar-refractivity contribution in [1.29, 1.82) is 0 Å². The Bertz CT molecular complexity index is 725. The van der Waals surface area contributed by atoms with Gasteiger partial charge in [-0.15, -0.1) is 10.2 Å². The third kappa shape index (κ3) is 3.62. The van der Waals surface area contributed by atoms with Crippen LogP contribution < -0.4 is 5.32 Å².